The zero-order chi connectivity index (χ0) is 17.8. The molecular weight excluding hydrogens is 378 g/mol. The van der Waals surface area contributed by atoms with E-state index in [9.17, 15) is 14.7 Å². The minimum absolute atomic E-state index is 0.0846. The Balaban J connectivity index is 3.37. The van der Waals surface area contributed by atoms with Crippen LogP contribution in [-0.4, -0.2) is 36.2 Å². The second kappa shape index (κ2) is 8.50. The first-order valence-corrected chi connectivity index (χ1v) is 13.5. The maximum Gasteiger partial charge on any atom is 0.343 e. The van der Waals surface area contributed by atoms with Crippen LogP contribution in [0.25, 0.3) is 0 Å². The van der Waals surface area contributed by atoms with Gasteiger partial charge in [-0.05, 0) is 30.2 Å². The Labute approximate surface area is 144 Å². The van der Waals surface area contributed by atoms with Crippen molar-refractivity contribution in [3.8, 4) is 5.88 Å². The van der Waals surface area contributed by atoms with Gasteiger partial charge in [0.1, 0.15) is 5.82 Å². The van der Waals surface area contributed by atoms with Crippen molar-refractivity contribution in [2.45, 2.75) is 40.5 Å². The molecular formula is C12H24N2O5P2S2. The van der Waals surface area contributed by atoms with E-state index >= 15 is 0 Å². The summed E-state index contributed by atoms with van der Waals surface area (Å²) < 4.78 is 10.7. The van der Waals surface area contributed by atoms with Gasteiger partial charge in [-0.25, -0.2) is 9.29 Å². The van der Waals surface area contributed by atoms with Crippen molar-refractivity contribution in [2.24, 2.45) is 0 Å². The lowest BCUT2D eigenvalue weighted by atomic mass is 10.2. The first-order valence-electron chi connectivity index (χ1n) is 7.12. The largest absolute Gasteiger partial charge is 0.409 e. The quantitative estimate of drug-likeness (QED) is 0.598. The van der Waals surface area contributed by atoms with E-state index in [0.29, 0.717) is 23.0 Å². The lowest BCUT2D eigenvalue weighted by Gasteiger charge is -2.25. The molecule has 23 heavy (non-hydrogen) atoms. The van der Waals surface area contributed by atoms with Gasteiger partial charge in [-0.15, -0.1) is 10.1 Å². The fourth-order valence-electron chi connectivity index (χ4n) is 1.77. The van der Waals surface area contributed by atoms with Gasteiger partial charge in [-0.3, -0.25) is 0 Å². The molecule has 3 N–H and O–H groups in total. The molecule has 0 aliphatic carbocycles. The standard InChI is InChI=1S/C12H24N2O5P2S2/c1-6-23(7-2)21(17,19-20(15,16)22)18-11-8-10(5)13-12(14-11)9(3)4/h8-9,17H,6-7H2,1-5H3,(H2,15,16,22). The van der Waals surface area contributed by atoms with Gasteiger partial charge in [0.2, 0.25) is 5.88 Å². The van der Waals surface area contributed by atoms with Gasteiger partial charge in [0, 0.05) is 17.7 Å². The topological polar surface area (TPSA) is 105 Å². The van der Waals surface area contributed by atoms with Gasteiger partial charge in [0.05, 0.1) is 0 Å². The monoisotopic (exact) mass is 402 g/mol. The third kappa shape index (κ3) is 6.52. The van der Waals surface area contributed by atoms with Crippen molar-refractivity contribution in [3.63, 3.8) is 0 Å². The Morgan fingerprint density at radius 1 is 1.22 bits per heavy atom. The van der Waals surface area contributed by atoms with Gasteiger partial charge in [-0.1, -0.05) is 27.7 Å². The molecule has 0 aromatic carbocycles. The van der Waals surface area contributed by atoms with Crippen LogP contribution in [0.1, 0.15) is 45.1 Å². The highest BCUT2D eigenvalue weighted by molar-refractivity contribution is 8.29. The third-order valence-corrected chi connectivity index (χ3v) is 11.8. The predicted octanol–water partition coefficient (Wildman–Crippen LogP) is 2.84. The summed E-state index contributed by atoms with van der Waals surface area (Å²) >= 11 is 4.52. The van der Waals surface area contributed by atoms with Crippen LogP contribution in [0.2, 0.25) is 0 Å². The molecule has 0 radical (unpaired) electrons. The van der Waals surface area contributed by atoms with E-state index < -0.39 is 23.5 Å². The summed E-state index contributed by atoms with van der Waals surface area (Å²) in [4.78, 5) is 38.4. The molecule has 0 aliphatic rings. The van der Waals surface area contributed by atoms with Crippen LogP contribution in [0.4, 0.5) is 0 Å². The van der Waals surface area contributed by atoms with Crippen molar-refractivity contribution >= 4 is 35.3 Å². The Morgan fingerprint density at radius 3 is 2.22 bits per heavy atom. The maximum atomic E-state index is 10.8. The first kappa shape index (κ1) is 21.2. The highest BCUT2D eigenvalue weighted by Crippen LogP contribution is 2.60. The van der Waals surface area contributed by atoms with Gasteiger partial charge >= 0.3 is 13.4 Å². The molecule has 1 heterocycles. The van der Waals surface area contributed by atoms with Crippen molar-refractivity contribution in [3.05, 3.63) is 17.6 Å². The number of aryl methyl sites for hydroxylation is 1. The van der Waals surface area contributed by atoms with Gasteiger partial charge in [0.15, 0.2) is 0 Å². The minimum Gasteiger partial charge on any atom is -0.409 e. The van der Waals surface area contributed by atoms with E-state index in [1.165, 1.54) is 0 Å². The average Bonchev–Trinajstić information content (AvgIpc) is 2.36. The van der Waals surface area contributed by atoms with Crippen molar-refractivity contribution in [1.29, 1.82) is 0 Å². The molecule has 1 aromatic rings. The molecule has 0 spiro atoms. The van der Waals surface area contributed by atoms with Crippen LogP contribution in [0.3, 0.4) is 0 Å². The van der Waals surface area contributed by atoms with E-state index in [1.54, 1.807) is 13.0 Å². The van der Waals surface area contributed by atoms with Crippen LogP contribution in [0, 0.1) is 6.92 Å². The molecule has 7 nitrogen and oxygen atoms in total. The summed E-state index contributed by atoms with van der Waals surface area (Å²) in [6.45, 7) is 1.73. The molecule has 0 aliphatic heterocycles. The molecule has 1 rings (SSSR count). The summed E-state index contributed by atoms with van der Waals surface area (Å²) in [5, 5.41) is 0. The number of hydrogen-bond donors (Lipinski definition) is 3. The van der Waals surface area contributed by atoms with Gasteiger partial charge in [-0.2, -0.15) is 4.98 Å². The molecule has 0 saturated carbocycles. The molecule has 1 unspecified atom stereocenters. The first-order chi connectivity index (χ1) is 10.5. The molecule has 0 fully saturated rings. The Morgan fingerprint density at radius 2 is 1.78 bits per heavy atom. The average molecular weight is 402 g/mol. The highest BCUT2D eigenvalue weighted by atomic mass is 32.5. The lowest BCUT2D eigenvalue weighted by Crippen LogP contribution is -2.09. The summed E-state index contributed by atoms with van der Waals surface area (Å²) in [5.41, 5.74) is 0.686. The Bertz CT molecular complexity index is 657. The minimum atomic E-state index is -4.08. The zero-order valence-electron chi connectivity index (χ0n) is 13.8. The van der Waals surface area contributed by atoms with E-state index in [2.05, 4.69) is 21.8 Å². The van der Waals surface area contributed by atoms with Crippen LogP contribution < -0.4 is 4.52 Å². The van der Waals surface area contributed by atoms with E-state index in [1.807, 2.05) is 27.7 Å². The zero-order valence-corrected chi connectivity index (χ0v) is 17.3. The van der Waals surface area contributed by atoms with E-state index in [-0.39, 0.29) is 11.8 Å². The number of rotatable bonds is 7. The van der Waals surface area contributed by atoms with Gasteiger partial charge < -0.3 is 19.2 Å². The summed E-state index contributed by atoms with van der Waals surface area (Å²) in [7, 11) is -0.710. The summed E-state index contributed by atoms with van der Waals surface area (Å²) in [6, 6.07) is 1.57. The number of hydrogen-bond acceptors (Lipinski definition) is 5. The van der Waals surface area contributed by atoms with Crippen molar-refractivity contribution in [1.82, 2.24) is 9.97 Å². The fourth-order valence-corrected chi connectivity index (χ4v) is 10.2. The van der Waals surface area contributed by atoms with E-state index in [4.69, 9.17) is 8.83 Å². The number of nitrogens with zero attached hydrogens (tertiary/aromatic N) is 2. The van der Waals surface area contributed by atoms with Crippen LogP contribution in [0.15, 0.2) is 6.07 Å². The second-order valence-electron chi connectivity index (χ2n) is 5.03. The summed E-state index contributed by atoms with van der Waals surface area (Å²) in [5.74, 6) is 1.95. The number of aromatic nitrogens is 2. The van der Waals surface area contributed by atoms with Crippen LogP contribution >= 0.6 is 13.4 Å². The molecule has 1 aromatic heterocycles. The normalized spacial score (nSPS) is 15.0. The highest BCUT2D eigenvalue weighted by Gasteiger charge is 2.30. The summed E-state index contributed by atoms with van der Waals surface area (Å²) in [6.07, 6.45) is 0. The Hall–Kier alpha value is 0.150. The van der Waals surface area contributed by atoms with E-state index in [0.717, 1.165) is 0 Å². The van der Waals surface area contributed by atoms with Crippen LogP contribution in [0.5, 0.6) is 5.88 Å². The molecule has 11 heteroatoms. The van der Waals surface area contributed by atoms with Gasteiger partial charge in [0.25, 0.3) is 0 Å². The molecule has 1 atom stereocenters. The van der Waals surface area contributed by atoms with Crippen molar-refractivity contribution < 1.29 is 23.5 Å². The molecule has 0 saturated heterocycles. The SMILES string of the molecule is CCS(CC)=P(O)(Oc1cc(C)nc(C(C)C)n1)OP(O)(O)=S. The molecule has 0 bridgehead atoms. The molecule has 134 valence electrons. The Kier molecular flexibility index (Phi) is 7.83. The maximum absolute atomic E-state index is 10.8. The van der Waals surface area contributed by atoms with Crippen LogP contribution in [-0.2, 0) is 26.2 Å². The third-order valence-electron chi connectivity index (χ3n) is 2.78. The fraction of sp³-hybridized carbons (Fsp3) is 0.667. The predicted molar refractivity (Wildman–Crippen MR) is 98.9 cm³/mol. The molecule has 0 amide bonds. The smallest absolute Gasteiger partial charge is 0.343 e. The lowest BCUT2D eigenvalue weighted by molar-refractivity contribution is 0.319. The second-order valence-corrected chi connectivity index (χ2v) is 14.2. The van der Waals surface area contributed by atoms with Crippen molar-refractivity contribution in [2.75, 3.05) is 11.5 Å².